The van der Waals surface area contributed by atoms with Gasteiger partial charge in [0.15, 0.2) is 11.5 Å². The molecule has 1 aliphatic carbocycles. The molecule has 2 atom stereocenters. The summed E-state index contributed by atoms with van der Waals surface area (Å²) in [5, 5.41) is 48.0. The van der Waals surface area contributed by atoms with Crippen LogP contribution in [0, 0.1) is 0 Å². The maximum absolute atomic E-state index is 11.2. The summed E-state index contributed by atoms with van der Waals surface area (Å²) < 4.78 is 5.74. The number of phenolic OH excluding ortho intramolecular Hbond substituents is 3. The Morgan fingerprint density at radius 2 is 1.86 bits per heavy atom. The van der Waals surface area contributed by atoms with Crippen molar-refractivity contribution in [2.24, 2.45) is 0 Å². The van der Waals surface area contributed by atoms with E-state index in [2.05, 4.69) is 10.2 Å². The summed E-state index contributed by atoms with van der Waals surface area (Å²) in [7, 11) is 0. The van der Waals surface area contributed by atoms with Crippen molar-refractivity contribution in [2.75, 3.05) is 6.61 Å². The Kier molecular flexibility index (Phi) is 3.44. The summed E-state index contributed by atoms with van der Waals surface area (Å²) in [4.78, 5) is 0. The van der Waals surface area contributed by atoms with Gasteiger partial charge >= 0.3 is 0 Å². The maximum atomic E-state index is 11.2. The minimum absolute atomic E-state index is 0.0600. The van der Waals surface area contributed by atoms with Crippen LogP contribution in [0.1, 0.15) is 33.7 Å². The highest BCUT2D eigenvalue weighted by atomic mass is 16.5. The van der Waals surface area contributed by atoms with Crippen LogP contribution in [-0.4, -0.2) is 42.8 Å². The third kappa shape index (κ3) is 2.44. The SMILES string of the molecule is Oc1cc2c(cc1O)[C@@H]1c3cc(/C=C/c4cn[nH]c4)c(O)cc3OC[C@]1(O)C2. The van der Waals surface area contributed by atoms with Crippen LogP contribution in [0.5, 0.6) is 23.0 Å². The second kappa shape index (κ2) is 5.77. The van der Waals surface area contributed by atoms with E-state index in [1.165, 1.54) is 12.1 Å². The number of hydrogen-bond acceptors (Lipinski definition) is 6. The molecule has 0 saturated heterocycles. The Bertz CT molecular complexity index is 1110. The minimum atomic E-state index is -1.18. The number of aliphatic hydroxyl groups is 1. The average Bonchev–Trinajstić information content (AvgIpc) is 3.26. The van der Waals surface area contributed by atoms with Crippen LogP contribution in [0.4, 0.5) is 0 Å². The second-order valence-electron chi connectivity index (χ2n) is 7.36. The summed E-state index contributed by atoms with van der Waals surface area (Å²) >= 11 is 0. The first-order valence-corrected chi connectivity index (χ1v) is 8.88. The van der Waals surface area contributed by atoms with Crippen molar-refractivity contribution in [3.63, 3.8) is 0 Å². The van der Waals surface area contributed by atoms with Gasteiger partial charge in [-0.1, -0.05) is 12.2 Å². The highest BCUT2D eigenvalue weighted by Crippen LogP contribution is 2.53. The van der Waals surface area contributed by atoms with E-state index >= 15 is 0 Å². The minimum Gasteiger partial charge on any atom is -0.507 e. The highest BCUT2D eigenvalue weighted by molar-refractivity contribution is 5.74. The quantitative estimate of drug-likeness (QED) is 0.437. The molecule has 0 unspecified atom stereocenters. The van der Waals surface area contributed by atoms with Crippen molar-refractivity contribution in [1.82, 2.24) is 10.2 Å². The van der Waals surface area contributed by atoms with Gasteiger partial charge in [-0.3, -0.25) is 5.10 Å². The molecule has 0 radical (unpaired) electrons. The number of aromatic hydroxyl groups is 3. The van der Waals surface area contributed by atoms with Gasteiger partial charge in [-0.25, -0.2) is 0 Å². The number of fused-ring (bicyclic) bond motifs is 5. The number of H-pyrrole nitrogens is 1. The molecule has 28 heavy (non-hydrogen) atoms. The smallest absolute Gasteiger partial charge is 0.157 e. The van der Waals surface area contributed by atoms with E-state index in [-0.39, 0.29) is 23.9 Å². The van der Waals surface area contributed by atoms with Crippen molar-refractivity contribution in [3.8, 4) is 23.0 Å². The molecular formula is C21H18N2O5. The summed E-state index contributed by atoms with van der Waals surface area (Å²) in [6, 6.07) is 6.31. The molecule has 0 fully saturated rings. The standard InChI is InChI=1S/C21H18N2O5/c24-16-6-19-15(3-12(16)2-1-11-8-22-23-9-11)20-14-5-18(26)17(25)4-13(14)7-21(20,27)10-28-19/h1-6,8-9,20,24-27H,7,10H2,(H,22,23)/b2-1+/t20-,21-/m1/s1. The second-order valence-corrected chi connectivity index (χ2v) is 7.36. The fourth-order valence-corrected chi connectivity index (χ4v) is 4.20. The normalized spacial score (nSPS) is 22.5. The van der Waals surface area contributed by atoms with Crippen LogP contribution in [0.2, 0.25) is 0 Å². The zero-order valence-electron chi connectivity index (χ0n) is 14.8. The molecule has 0 amide bonds. The molecule has 1 aliphatic heterocycles. The Hall–Kier alpha value is -3.45. The largest absolute Gasteiger partial charge is 0.507 e. The first kappa shape index (κ1) is 16.7. The molecule has 5 rings (SSSR count). The number of aromatic amines is 1. The fourth-order valence-electron chi connectivity index (χ4n) is 4.20. The molecule has 5 N–H and O–H groups in total. The topological polar surface area (TPSA) is 119 Å². The van der Waals surface area contributed by atoms with Crippen LogP contribution >= 0.6 is 0 Å². The van der Waals surface area contributed by atoms with Gasteiger partial charge in [-0.15, -0.1) is 0 Å². The summed E-state index contributed by atoms with van der Waals surface area (Å²) in [5.41, 5.74) is 2.49. The number of benzene rings is 2. The lowest BCUT2D eigenvalue weighted by Gasteiger charge is -2.36. The van der Waals surface area contributed by atoms with Gasteiger partial charge in [0.2, 0.25) is 0 Å². The highest BCUT2D eigenvalue weighted by Gasteiger charge is 2.50. The zero-order chi connectivity index (χ0) is 19.5. The molecule has 2 aliphatic rings. The monoisotopic (exact) mass is 378 g/mol. The Labute approximate surface area is 160 Å². The van der Waals surface area contributed by atoms with Crippen molar-refractivity contribution < 1.29 is 25.2 Å². The van der Waals surface area contributed by atoms with Crippen LogP contribution in [0.25, 0.3) is 12.2 Å². The van der Waals surface area contributed by atoms with Gasteiger partial charge in [0.05, 0.1) is 6.20 Å². The Morgan fingerprint density at radius 3 is 2.64 bits per heavy atom. The van der Waals surface area contributed by atoms with Crippen LogP contribution in [0.3, 0.4) is 0 Å². The number of nitrogens with zero attached hydrogens (tertiary/aromatic N) is 1. The van der Waals surface area contributed by atoms with Gasteiger partial charge in [0.25, 0.3) is 0 Å². The summed E-state index contributed by atoms with van der Waals surface area (Å²) in [6.07, 6.45) is 7.28. The average molecular weight is 378 g/mol. The number of rotatable bonds is 2. The van der Waals surface area contributed by atoms with Crippen molar-refractivity contribution in [1.29, 1.82) is 0 Å². The Balaban J connectivity index is 1.64. The number of hydrogen-bond donors (Lipinski definition) is 5. The molecule has 2 heterocycles. The van der Waals surface area contributed by atoms with Gasteiger partial charge in [0, 0.05) is 41.3 Å². The third-order valence-corrected chi connectivity index (χ3v) is 5.50. The molecule has 0 bridgehead atoms. The molecule has 7 nitrogen and oxygen atoms in total. The maximum Gasteiger partial charge on any atom is 0.157 e. The van der Waals surface area contributed by atoms with Gasteiger partial charge in [-0.05, 0) is 29.3 Å². The molecule has 7 heteroatoms. The van der Waals surface area contributed by atoms with E-state index < -0.39 is 11.5 Å². The first-order chi connectivity index (χ1) is 13.4. The number of ether oxygens (including phenoxy) is 1. The lowest BCUT2D eigenvalue weighted by molar-refractivity contribution is -0.0219. The van der Waals surface area contributed by atoms with Gasteiger partial charge in [0.1, 0.15) is 23.7 Å². The number of nitrogens with one attached hydrogen (secondary N) is 1. The predicted molar refractivity (Wildman–Crippen MR) is 101 cm³/mol. The van der Waals surface area contributed by atoms with E-state index in [1.54, 1.807) is 30.6 Å². The first-order valence-electron chi connectivity index (χ1n) is 8.88. The zero-order valence-corrected chi connectivity index (χ0v) is 14.8. The Morgan fingerprint density at radius 1 is 1.04 bits per heavy atom. The molecule has 1 aromatic heterocycles. The van der Waals surface area contributed by atoms with E-state index in [0.717, 1.165) is 22.3 Å². The lowest BCUT2D eigenvalue weighted by atomic mass is 9.80. The van der Waals surface area contributed by atoms with Gasteiger partial charge in [-0.2, -0.15) is 5.10 Å². The molecular weight excluding hydrogens is 360 g/mol. The summed E-state index contributed by atoms with van der Waals surface area (Å²) in [5.74, 6) is -0.310. The molecule has 2 aromatic carbocycles. The molecule has 0 saturated carbocycles. The third-order valence-electron chi connectivity index (χ3n) is 5.50. The predicted octanol–water partition coefficient (Wildman–Crippen LogP) is 2.51. The van der Waals surface area contributed by atoms with Gasteiger partial charge < -0.3 is 25.2 Å². The van der Waals surface area contributed by atoms with Crippen LogP contribution in [0.15, 0.2) is 36.7 Å². The number of aromatic nitrogens is 2. The number of phenols is 3. The fraction of sp³-hybridized carbons (Fsp3) is 0.190. The van der Waals surface area contributed by atoms with Crippen molar-refractivity contribution >= 4 is 12.2 Å². The van der Waals surface area contributed by atoms with E-state index in [1.807, 2.05) is 6.08 Å². The van der Waals surface area contributed by atoms with Crippen LogP contribution in [-0.2, 0) is 6.42 Å². The van der Waals surface area contributed by atoms with Crippen LogP contribution < -0.4 is 4.74 Å². The lowest BCUT2D eigenvalue weighted by Crippen LogP contribution is -2.43. The molecule has 0 spiro atoms. The van der Waals surface area contributed by atoms with E-state index in [9.17, 15) is 20.4 Å². The molecule has 142 valence electrons. The van der Waals surface area contributed by atoms with E-state index in [0.29, 0.717) is 17.7 Å². The molecule has 3 aromatic rings. The summed E-state index contributed by atoms with van der Waals surface area (Å²) in [6.45, 7) is 0.0600. The van der Waals surface area contributed by atoms with Crippen molar-refractivity contribution in [3.05, 3.63) is 64.5 Å². The van der Waals surface area contributed by atoms with Crippen molar-refractivity contribution in [2.45, 2.75) is 17.9 Å². The van der Waals surface area contributed by atoms with E-state index in [4.69, 9.17) is 4.74 Å².